The maximum absolute atomic E-state index is 13.7. The van der Waals surface area contributed by atoms with Gasteiger partial charge in [-0.3, -0.25) is 4.18 Å². The van der Waals surface area contributed by atoms with E-state index in [0.29, 0.717) is 0 Å². The molecule has 0 aromatic heterocycles. The van der Waals surface area contributed by atoms with Gasteiger partial charge < -0.3 is 14.2 Å². The molecule has 6 nitrogen and oxygen atoms in total. The predicted molar refractivity (Wildman–Crippen MR) is 59.0 cm³/mol. The Kier molecular flexibility index (Phi) is 3.44. The van der Waals surface area contributed by atoms with E-state index in [4.69, 9.17) is 18.4 Å². The van der Waals surface area contributed by atoms with Crippen LogP contribution in [-0.4, -0.2) is 51.2 Å². The molecule has 2 aliphatic rings. The number of hydrogen-bond donors (Lipinski definition) is 0. The molecule has 0 unspecified atom stereocenters. The van der Waals surface area contributed by atoms with Crippen molar-refractivity contribution in [1.82, 2.24) is 0 Å². The molecule has 2 heterocycles. The molecule has 0 amide bonds. The molecule has 5 atom stereocenters. The van der Waals surface area contributed by atoms with E-state index in [9.17, 15) is 12.8 Å². The third kappa shape index (κ3) is 2.83. The van der Waals surface area contributed by atoms with Gasteiger partial charge >= 0.3 is 0 Å². The third-order valence-corrected chi connectivity index (χ3v) is 3.41. The summed E-state index contributed by atoms with van der Waals surface area (Å²) in [5, 5.41) is 0. The van der Waals surface area contributed by atoms with E-state index in [1.807, 2.05) is 0 Å². The van der Waals surface area contributed by atoms with Gasteiger partial charge in [0.1, 0.15) is 18.3 Å². The Bertz CT molecular complexity index is 422. The zero-order valence-corrected chi connectivity index (χ0v) is 11.4. The van der Waals surface area contributed by atoms with Crippen molar-refractivity contribution in [3.05, 3.63) is 0 Å². The van der Waals surface area contributed by atoms with Gasteiger partial charge in [-0.25, -0.2) is 4.39 Å². The Hall–Kier alpha value is -0.280. The fourth-order valence-electron chi connectivity index (χ4n) is 2.24. The summed E-state index contributed by atoms with van der Waals surface area (Å²) in [5.74, 6) is -0.994. The molecule has 0 N–H and O–H groups in total. The molecule has 0 aliphatic carbocycles. The second kappa shape index (κ2) is 4.38. The highest BCUT2D eigenvalue weighted by atomic mass is 32.2. The molecule has 2 aliphatic heterocycles. The van der Waals surface area contributed by atoms with Gasteiger partial charge in [-0.05, 0) is 20.8 Å². The molecule has 2 saturated heterocycles. The van der Waals surface area contributed by atoms with Crippen molar-refractivity contribution in [2.24, 2.45) is 0 Å². The molecule has 2 rings (SSSR count). The summed E-state index contributed by atoms with van der Waals surface area (Å²) >= 11 is 0. The Morgan fingerprint density at radius 1 is 1.22 bits per heavy atom. The third-order valence-electron chi connectivity index (χ3n) is 2.84. The van der Waals surface area contributed by atoms with Crippen LogP contribution in [0, 0.1) is 0 Å². The van der Waals surface area contributed by atoms with Gasteiger partial charge in [-0.1, -0.05) is 0 Å². The molecule has 0 radical (unpaired) electrons. The Morgan fingerprint density at radius 3 is 2.33 bits per heavy atom. The quantitative estimate of drug-likeness (QED) is 0.690. The summed E-state index contributed by atoms with van der Waals surface area (Å²) in [7, 11) is -3.69. The number of ether oxygens (including phenoxy) is 3. The molecule has 0 saturated carbocycles. The Labute approximate surface area is 105 Å². The molecule has 0 spiro atoms. The maximum atomic E-state index is 13.7. The number of halogens is 1. The van der Waals surface area contributed by atoms with Crippen LogP contribution in [0.5, 0.6) is 0 Å². The molecule has 106 valence electrons. The van der Waals surface area contributed by atoms with Crippen LogP contribution in [0.25, 0.3) is 0 Å². The lowest BCUT2D eigenvalue weighted by atomic mass is 10.0. The van der Waals surface area contributed by atoms with Crippen molar-refractivity contribution in [3.8, 4) is 0 Å². The van der Waals surface area contributed by atoms with Crippen LogP contribution >= 0.6 is 0 Å². The van der Waals surface area contributed by atoms with E-state index < -0.39 is 46.7 Å². The zero-order chi connectivity index (χ0) is 13.7. The molecule has 2 fully saturated rings. The summed E-state index contributed by atoms with van der Waals surface area (Å²) in [6, 6.07) is 0. The van der Waals surface area contributed by atoms with Gasteiger partial charge in [0.05, 0.1) is 12.4 Å². The monoisotopic (exact) mass is 284 g/mol. The van der Waals surface area contributed by atoms with Crippen LogP contribution in [0.1, 0.15) is 20.8 Å². The lowest BCUT2D eigenvalue weighted by Gasteiger charge is -2.36. The molecule has 0 aromatic rings. The van der Waals surface area contributed by atoms with Crippen molar-refractivity contribution in [2.75, 3.05) is 6.26 Å². The summed E-state index contributed by atoms with van der Waals surface area (Å²) in [6.45, 7) is 4.79. The maximum Gasteiger partial charge on any atom is 0.264 e. The number of hydrogen-bond acceptors (Lipinski definition) is 6. The highest BCUT2D eigenvalue weighted by Crippen LogP contribution is 2.39. The first kappa shape index (κ1) is 14.1. The van der Waals surface area contributed by atoms with Gasteiger partial charge in [0.2, 0.25) is 6.36 Å². The fourth-order valence-corrected chi connectivity index (χ4v) is 2.91. The lowest BCUT2D eigenvalue weighted by Crippen LogP contribution is -2.55. The Morgan fingerprint density at radius 2 is 1.78 bits per heavy atom. The van der Waals surface area contributed by atoms with Gasteiger partial charge in [0, 0.05) is 0 Å². The molecular formula is C10H17FO6S. The van der Waals surface area contributed by atoms with Gasteiger partial charge in [0.25, 0.3) is 10.1 Å². The minimum atomic E-state index is -3.69. The highest BCUT2D eigenvalue weighted by Gasteiger charge is 2.56. The van der Waals surface area contributed by atoms with Crippen molar-refractivity contribution in [2.45, 2.75) is 57.3 Å². The summed E-state index contributed by atoms with van der Waals surface area (Å²) in [4.78, 5) is 0. The number of alkyl halides is 1. The van der Waals surface area contributed by atoms with Crippen LogP contribution in [0.2, 0.25) is 0 Å². The smallest absolute Gasteiger partial charge is 0.264 e. The number of fused-ring (bicyclic) bond motifs is 1. The van der Waals surface area contributed by atoms with Crippen molar-refractivity contribution in [1.29, 1.82) is 0 Å². The first-order valence-corrected chi connectivity index (χ1v) is 7.44. The summed E-state index contributed by atoms with van der Waals surface area (Å²) < 4.78 is 56.9. The molecule has 18 heavy (non-hydrogen) atoms. The largest absolute Gasteiger partial charge is 0.341 e. The first-order chi connectivity index (χ1) is 8.09. The second-order valence-corrected chi connectivity index (χ2v) is 6.62. The predicted octanol–water partition coefficient (Wildman–Crippen LogP) is 0.566. The van der Waals surface area contributed by atoms with E-state index in [2.05, 4.69) is 0 Å². The zero-order valence-electron chi connectivity index (χ0n) is 10.6. The lowest BCUT2D eigenvalue weighted by molar-refractivity contribution is -0.217. The van der Waals surface area contributed by atoms with Crippen molar-refractivity contribution in [3.63, 3.8) is 0 Å². The van der Waals surface area contributed by atoms with Crippen LogP contribution in [0.4, 0.5) is 4.39 Å². The molecule has 8 heteroatoms. The van der Waals surface area contributed by atoms with Crippen LogP contribution < -0.4 is 0 Å². The van der Waals surface area contributed by atoms with Crippen molar-refractivity contribution < 1.29 is 31.2 Å². The minimum absolute atomic E-state index is 0.742. The minimum Gasteiger partial charge on any atom is -0.341 e. The van der Waals surface area contributed by atoms with E-state index in [1.165, 1.54) is 6.92 Å². The van der Waals surface area contributed by atoms with E-state index in [-0.39, 0.29) is 0 Å². The van der Waals surface area contributed by atoms with E-state index >= 15 is 0 Å². The summed E-state index contributed by atoms with van der Waals surface area (Å²) in [5.41, 5.74) is 0. The normalized spacial score (nSPS) is 43.7. The van der Waals surface area contributed by atoms with Crippen LogP contribution in [0.15, 0.2) is 0 Å². The highest BCUT2D eigenvalue weighted by molar-refractivity contribution is 7.86. The van der Waals surface area contributed by atoms with Crippen molar-refractivity contribution >= 4 is 10.1 Å². The van der Waals surface area contributed by atoms with Gasteiger partial charge in [-0.15, -0.1) is 0 Å². The molecule has 0 bridgehead atoms. The standard InChI is InChI=1S/C10H17FO6S/c1-5-6(17-18(4,12)13)7-8(9(11)14-5)16-10(2,3)15-7/h5-9H,1-4H3/t5-,6-,7+,8+,9+/m0/s1. The SMILES string of the molecule is C[C@@H]1O[C@@H](F)[C@@H]2OC(C)(C)O[C@@H]2[C@H]1OS(C)(=O)=O. The molecule has 0 aromatic carbocycles. The average Bonchev–Trinajstić information content (AvgIpc) is 2.48. The van der Waals surface area contributed by atoms with E-state index in [1.54, 1.807) is 13.8 Å². The summed E-state index contributed by atoms with van der Waals surface area (Å²) in [6.07, 6.45) is -4.19. The molecular weight excluding hydrogens is 267 g/mol. The van der Waals surface area contributed by atoms with Crippen LogP contribution in [0.3, 0.4) is 0 Å². The average molecular weight is 284 g/mol. The van der Waals surface area contributed by atoms with E-state index in [0.717, 1.165) is 6.26 Å². The van der Waals surface area contributed by atoms with Gasteiger partial charge in [-0.2, -0.15) is 8.42 Å². The first-order valence-electron chi connectivity index (χ1n) is 5.62. The van der Waals surface area contributed by atoms with Crippen LogP contribution in [-0.2, 0) is 28.5 Å². The topological polar surface area (TPSA) is 71.1 Å². The van der Waals surface area contributed by atoms with Gasteiger partial charge in [0.15, 0.2) is 5.79 Å². The second-order valence-electron chi connectivity index (χ2n) is 5.02. The fraction of sp³-hybridized carbons (Fsp3) is 1.00. The Balaban J connectivity index is 2.24. The number of rotatable bonds is 2.